The molecule has 0 unspecified atom stereocenters. The van der Waals surface area contributed by atoms with Crippen LogP contribution in [0.25, 0.3) is 27.1 Å². The molecule has 1 saturated heterocycles. The first kappa shape index (κ1) is 22.8. The minimum atomic E-state index is -3.78. The van der Waals surface area contributed by atoms with E-state index in [4.69, 9.17) is 0 Å². The van der Waals surface area contributed by atoms with Crippen LogP contribution in [-0.2, 0) is 10.0 Å². The van der Waals surface area contributed by atoms with Crippen LogP contribution in [0.2, 0.25) is 0 Å². The summed E-state index contributed by atoms with van der Waals surface area (Å²) >= 11 is 0.758. The van der Waals surface area contributed by atoms with Gasteiger partial charge in [0.25, 0.3) is 6.43 Å². The lowest BCUT2D eigenvalue weighted by molar-refractivity contribution is 0.150. The maximum atomic E-state index is 13.3. The highest BCUT2D eigenvalue weighted by molar-refractivity contribution is 7.89. The Bertz CT molecular complexity index is 1540. The fraction of sp³-hybridized carbons (Fsp3) is 0.455. The van der Waals surface area contributed by atoms with Crippen LogP contribution in [0.5, 0.6) is 0 Å². The fourth-order valence-electron chi connectivity index (χ4n) is 4.68. The number of sulfonamides is 1. The Labute approximate surface area is 204 Å². The number of halogens is 2. The number of hydrogen-bond acceptors (Lipinski definition) is 8. The van der Waals surface area contributed by atoms with Gasteiger partial charge in [-0.3, -0.25) is 4.57 Å². The Morgan fingerprint density at radius 2 is 1.97 bits per heavy atom. The van der Waals surface area contributed by atoms with E-state index in [0.717, 1.165) is 66.6 Å². The Morgan fingerprint density at radius 1 is 1.20 bits per heavy atom. The van der Waals surface area contributed by atoms with Crippen molar-refractivity contribution < 1.29 is 17.2 Å². The first-order chi connectivity index (χ1) is 16.8. The lowest BCUT2D eigenvalue weighted by atomic mass is 9.92. The van der Waals surface area contributed by atoms with Gasteiger partial charge in [0, 0.05) is 22.2 Å². The molecule has 0 atom stereocenters. The van der Waals surface area contributed by atoms with Gasteiger partial charge in [0.1, 0.15) is 6.33 Å². The second kappa shape index (κ2) is 8.22. The van der Waals surface area contributed by atoms with Gasteiger partial charge in [-0.15, -0.1) is 10.2 Å². The maximum Gasteiger partial charge on any atom is 0.291 e. The Morgan fingerprint density at radius 3 is 2.66 bits per heavy atom. The van der Waals surface area contributed by atoms with E-state index >= 15 is 0 Å². The minimum absolute atomic E-state index is 0.0946. The zero-order valence-electron chi connectivity index (χ0n) is 18.8. The van der Waals surface area contributed by atoms with E-state index in [2.05, 4.69) is 30.2 Å². The van der Waals surface area contributed by atoms with Gasteiger partial charge >= 0.3 is 0 Å². The summed E-state index contributed by atoms with van der Waals surface area (Å²) in [5.41, 5.74) is 1.45. The van der Waals surface area contributed by atoms with Crippen LogP contribution in [0.4, 0.5) is 8.78 Å². The molecule has 4 aromatic rings. The van der Waals surface area contributed by atoms with E-state index in [1.54, 1.807) is 22.8 Å². The molecule has 35 heavy (non-hydrogen) atoms. The van der Waals surface area contributed by atoms with Crippen molar-refractivity contribution in [2.24, 2.45) is 0 Å². The van der Waals surface area contributed by atoms with Crippen molar-refractivity contribution in [1.82, 2.24) is 34.8 Å². The van der Waals surface area contributed by atoms with Crippen LogP contribution in [-0.4, -0.2) is 51.8 Å². The zero-order chi connectivity index (χ0) is 24.4. The van der Waals surface area contributed by atoms with Crippen LogP contribution >= 0.6 is 11.3 Å². The molecule has 4 heterocycles. The summed E-state index contributed by atoms with van der Waals surface area (Å²) in [6, 6.07) is 4.88. The van der Waals surface area contributed by atoms with Crippen LogP contribution in [0.15, 0.2) is 29.4 Å². The third-order valence-electron chi connectivity index (χ3n) is 6.77. The molecule has 2 fully saturated rings. The molecule has 3 aromatic heterocycles. The summed E-state index contributed by atoms with van der Waals surface area (Å²) in [4.78, 5) is 9.20. The number of benzene rings is 1. The lowest BCUT2D eigenvalue weighted by Crippen LogP contribution is -2.34. The minimum Gasteiger partial charge on any atom is -0.317 e. The van der Waals surface area contributed by atoms with Crippen molar-refractivity contribution in [2.45, 2.75) is 55.4 Å². The molecule has 6 rings (SSSR count). The molecular weight excluding hydrogens is 496 g/mol. The smallest absolute Gasteiger partial charge is 0.291 e. The van der Waals surface area contributed by atoms with Crippen LogP contribution in [0.3, 0.4) is 0 Å². The van der Waals surface area contributed by atoms with Gasteiger partial charge in [0.15, 0.2) is 10.7 Å². The fourth-order valence-corrected chi connectivity index (χ4v) is 6.88. The summed E-state index contributed by atoms with van der Waals surface area (Å²) in [5.74, 6) is 0.201. The highest BCUT2D eigenvalue weighted by atomic mass is 32.2. The lowest BCUT2D eigenvalue weighted by Gasteiger charge is -2.22. The number of nitrogens with zero attached hydrogens (tertiary/aromatic N) is 5. The summed E-state index contributed by atoms with van der Waals surface area (Å²) < 4.78 is 57.3. The second-order valence-corrected chi connectivity index (χ2v) is 12.1. The molecule has 2 N–H and O–H groups in total. The predicted molar refractivity (Wildman–Crippen MR) is 128 cm³/mol. The average Bonchev–Trinajstić information content (AvgIpc) is 3.23. The largest absolute Gasteiger partial charge is 0.317 e. The van der Waals surface area contributed by atoms with Crippen molar-refractivity contribution in [3.8, 4) is 5.13 Å². The van der Waals surface area contributed by atoms with Gasteiger partial charge in [-0.05, 0) is 57.8 Å². The van der Waals surface area contributed by atoms with Crippen LogP contribution < -0.4 is 10.0 Å². The highest BCUT2D eigenvalue weighted by Crippen LogP contribution is 2.40. The molecule has 0 amide bonds. The summed E-state index contributed by atoms with van der Waals surface area (Å²) in [5, 5.41) is 12.3. The average molecular weight is 520 g/mol. The first-order valence-corrected chi connectivity index (χ1v) is 13.7. The maximum absolute atomic E-state index is 13.3. The standard InChI is InChI=1S/C22H23F2N7O2S2/c1-22(6-7-22)30-35(32,33)13-2-3-14-15(10-13)31(21-29-28-20(34-21)18(23)24)19-16(14)17(26-11-27-19)12-4-8-25-9-5-12/h2-3,10-12,18,25,30H,4-9H2,1H3. The van der Waals surface area contributed by atoms with E-state index in [1.165, 1.54) is 6.33 Å². The van der Waals surface area contributed by atoms with Crippen molar-refractivity contribution in [2.75, 3.05) is 13.1 Å². The molecule has 1 aliphatic carbocycles. The molecular formula is C22H23F2N7O2S2. The quantitative estimate of drug-likeness (QED) is 0.400. The number of nitrogens with one attached hydrogen (secondary N) is 2. The van der Waals surface area contributed by atoms with E-state index in [0.29, 0.717) is 11.2 Å². The van der Waals surface area contributed by atoms with Gasteiger partial charge < -0.3 is 5.32 Å². The van der Waals surface area contributed by atoms with Crippen molar-refractivity contribution >= 4 is 43.3 Å². The summed E-state index contributed by atoms with van der Waals surface area (Å²) in [6.45, 7) is 3.61. The molecule has 0 radical (unpaired) electrons. The van der Waals surface area contributed by atoms with Crippen molar-refractivity contribution in [1.29, 1.82) is 0 Å². The second-order valence-electron chi connectivity index (χ2n) is 9.39. The molecule has 13 heteroatoms. The molecule has 0 spiro atoms. The van der Waals surface area contributed by atoms with Crippen LogP contribution in [0.1, 0.15) is 55.7 Å². The van der Waals surface area contributed by atoms with E-state index in [-0.39, 0.29) is 15.9 Å². The number of aromatic nitrogens is 5. The molecule has 9 nitrogen and oxygen atoms in total. The van der Waals surface area contributed by atoms with Crippen molar-refractivity contribution in [3.63, 3.8) is 0 Å². The van der Waals surface area contributed by atoms with E-state index in [1.807, 2.05) is 6.92 Å². The topological polar surface area (TPSA) is 115 Å². The molecule has 2 aliphatic rings. The molecule has 0 bridgehead atoms. The first-order valence-electron chi connectivity index (χ1n) is 11.4. The highest BCUT2D eigenvalue weighted by Gasteiger charge is 2.41. The van der Waals surface area contributed by atoms with Gasteiger partial charge in [0.05, 0.1) is 16.1 Å². The monoisotopic (exact) mass is 519 g/mol. The molecule has 1 aromatic carbocycles. The Hall–Kier alpha value is -2.61. The van der Waals surface area contributed by atoms with E-state index in [9.17, 15) is 17.2 Å². The number of rotatable bonds is 6. The SMILES string of the molecule is CC1(NS(=O)(=O)c2ccc3c4c(C5CCNCC5)ncnc4n(-c4nnc(C(F)F)s4)c3c2)CC1. The van der Waals surface area contributed by atoms with Gasteiger partial charge in [-0.25, -0.2) is 31.9 Å². The van der Waals surface area contributed by atoms with Gasteiger partial charge in [-0.1, -0.05) is 17.4 Å². The zero-order valence-corrected chi connectivity index (χ0v) is 20.5. The Balaban J connectivity index is 1.60. The number of piperidine rings is 1. The normalized spacial score (nSPS) is 18.6. The van der Waals surface area contributed by atoms with Crippen LogP contribution in [0, 0.1) is 0 Å². The van der Waals surface area contributed by atoms with Gasteiger partial charge in [0.2, 0.25) is 15.2 Å². The number of alkyl halides is 2. The third kappa shape index (κ3) is 3.99. The molecule has 1 aliphatic heterocycles. The Kier molecular flexibility index (Phi) is 5.36. The predicted octanol–water partition coefficient (Wildman–Crippen LogP) is 3.66. The molecule has 1 saturated carbocycles. The van der Waals surface area contributed by atoms with E-state index < -0.39 is 27.0 Å². The summed E-state index contributed by atoms with van der Waals surface area (Å²) in [6.07, 6.45) is 2.09. The number of fused-ring (bicyclic) bond motifs is 3. The summed E-state index contributed by atoms with van der Waals surface area (Å²) in [7, 11) is -3.78. The van der Waals surface area contributed by atoms with Gasteiger partial charge in [-0.2, -0.15) is 0 Å². The van der Waals surface area contributed by atoms with Crippen molar-refractivity contribution in [3.05, 3.63) is 35.2 Å². The number of hydrogen-bond donors (Lipinski definition) is 2. The third-order valence-corrected chi connectivity index (χ3v) is 9.32. The molecule has 184 valence electrons.